The van der Waals surface area contributed by atoms with Crippen molar-refractivity contribution in [1.82, 2.24) is 10.2 Å². The van der Waals surface area contributed by atoms with E-state index in [1.165, 1.54) is 17.0 Å². The minimum absolute atomic E-state index is 0.0223. The fourth-order valence-corrected chi connectivity index (χ4v) is 3.76. The predicted molar refractivity (Wildman–Crippen MR) is 137 cm³/mol. The van der Waals surface area contributed by atoms with Gasteiger partial charge < -0.3 is 19.7 Å². The topological polar surface area (TPSA) is 67.9 Å². The van der Waals surface area contributed by atoms with Crippen LogP contribution in [0.1, 0.15) is 31.9 Å². The van der Waals surface area contributed by atoms with E-state index in [1.54, 1.807) is 19.2 Å². The zero-order valence-electron chi connectivity index (χ0n) is 21.2. The Morgan fingerprint density at radius 2 is 1.61 bits per heavy atom. The molecule has 0 saturated heterocycles. The van der Waals surface area contributed by atoms with E-state index in [9.17, 15) is 14.0 Å². The number of carbonyl (C=O) groups excluding carboxylic acids is 2. The SMILES string of the molecule is COc1cccc(CN(C(=O)COc2ccccc2F)[C@@H](Cc2ccccc2)C(=O)NC(C)(C)C)c1. The van der Waals surface area contributed by atoms with Crippen LogP contribution in [-0.4, -0.2) is 42.0 Å². The number of para-hydroxylation sites is 1. The van der Waals surface area contributed by atoms with Gasteiger partial charge in [0, 0.05) is 18.5 Å². The van der Waals surface area contributed by atoms with E-state index in [4.69, 9.17) is 9.47 Å². The van der Waals surface area contributed by atoms with E-state index in [1.807, 2.05) is 75.4 Å². The second kappa shape index (κ2) is 12.2. The van der Waals surface area contributed by atoms with Crippen molar-refractivity contribution in [3.63, 3.8) is 0 Å². The maximum atomic E-state index is 14.1. The third-order valence-electron chi connectivity index (χ3n) is 5.44. The second-order valence-corrected chi connectivity index (χ2v) is 9.54. The van der Waals surface area contributed by atoms with Crippen molar-refractivity contribution in [2.75, 3.05) is 13.7 Å². The van der Waals surface area contributed by atoms with Gasteiger partial charge in [-0.05, 0) is 56.2 Å². The van der Waals surface area contributed by atoms with Crippen LogP contribution in [0.15, 0.2) is 78.9 Å². The molecule has 0 aliphatic heterocycles. The lowest BCUT2D eigenvalue weighted by molar-refractivity contribution is -0.143. The fourth-order valence-electron chi connectivity index (χ4n) is 3.76. The normalized spacial score (nSPS) is 11.9. The zero-order chi connectivity index (χ0) is 26.1. The van der Waals surface area contributed by atoms with E-state index in [0.717, 1.165) is 11.1 Å². The molecule has 36 heavy (non-hydrogen) atoms. The molecule has 3 aromatic carbocycles. The lowest BCUT2D eigenvalue weighted by Crippen LogP contribution is -2.55. The summed E-state index contributed by atoms with van der Waals surface area (Å²) in [5.41, 5.74) is 1.20. The van der Waals surface area contributed by atoms with Gasteiger partial charge in [0.2, 0.25) is 5.91 Å². The number of nitrogens with zero attached hydrogens (tertiary/aromatic N) is 1. The Labute approximate surface area is 212 Å². The standard InChI is InChI=1S/C29H33FN2O4/c1-29(2,3)31-28(34)25(18-21-11-6-5-7-12-21)32(19-22-13-10-14-23(17-22)35-4)27(33)20-36-26-16-9-8-15-24(26)30/h5-17,25H,18-20H2,1-4H3,(H,31,34)/t25-/m0/s1. The molecule has 1 N–H and O–H groups in total. The summed E-state index contributed by atoms with van der Waals surface area (Å²) in [7, 11) is 1.57. The fraction of sp³-hybridized carbons (Fsp3) is 0.310. The first-order valence-electron chi connectivity index (χ1n) is 11.8. The number of amides is 2. The molecule has 3 aromatic rings. The Kier molecular flexibility index (Phi) is 9.06. The summed E-state index contributed by atoms with van der Waals surface area (Å²) in [6.45, 7) is 5.39. The largest absolute Gasteiger partial charge is 0.497 e. The average Bonchev–Trinajstić information content (AvgIpc) is 2.85. The van der Waals surface area contributed by atoms with Gasteiger partial charge >= 0.3 is 0 Å². The van der Waals surface area contributed by atoms with Gasteiger partial charge in [-0.1, -0.05) is 54.6 Å². The molecule has 3 rings (SSSR count). The highest BCUT2D eigenvalue weighted by Crippen LogP contribution is 2.20. The van der Waals surface area contributed by atoms with Gasteiger partial charge in [0.1, 0.15) is 11.8 Å². The van der Waals surface area contributed by atoms with E-state index in [2.05, 4.69) is 5.32 Å². The van der Waals surface area contributed by atoms with Crippen LogP contribution in [0.4, 0.5) is 4.39 Å². The smallest absolute Gasteiger partial charge is 0.261 e. The average molecular weight is 493 g/mol. The Hall–Kier alpha value is -3.87. The molecule has 0 aliphatic rings. The molecule has 6 nitrogen and oxygen atoms in total. The molecule has 7 heteroatoms. The van der Waals surface area contributed by atoms with Crippen molar-refractivity contribution in [3.05, 3.63) is 95.8 Å². The summed E-state index contributed by atoms with van der Waals surface area (Å²) in [5.74, 6) is -0.664. The van der Waals surface area contributed by atoms with Crippen LogP contribution >= 0.6 is 0 Å². The molecule has 2 amide bonds. The molecule has 1 atom stereocenters. The van der Waals surface area contributed by atoms with Crippen LogP contribution in [-0.2, 0) is 22.6 Å². The van der Waals surface area contributed by atoms with Crippen LogP contribution in [0.2, 0.25) is 0 Å². The third-order valence-corrected chi connectivity index (χ3v) is 5.44. The molecule has 190 valence electrons. The van der Waals surface area contributed by atoms with Crippen molar-refractivity contribution < 1.29 is 23.5 Å². The monoisotopic (exact) mass is 492 g/mol. The number of carbonyl (C=O) groups is 2. The van der Waals surface area contributed by atoms with E-state index in [-0.39, 0.29) is 18.2 Å². The lowest BCUT2D eigenvalue weighted by atomic mass is 10.0. The summed E-state index contributed by atoms with van der Waals surface area (Å²) in [5, 5.41) is 3.01. The van der Waals surface area contributed by atoms with Gasteiger partial charge in [-0.3, -0.25) is 9.59 Å². The first-order valence-corrected chi connectivity index (χ1v) is 11.8. The van der Waals surface area contributed by atoms with E-state index < -0.39 is 29.9 Å². The molecule has 0 aromatic heterocycles. The minimum Gasteiger partial charge on any atom is -0.497 e. The van der Waals surface area contributed by atoms with Crippen molar-refractivity contribution in [1.29, 1.82) is 0 Å². The lowest BCUT2D eigenvalue weighted by Gasteiger charge is -2.33. The predicted octanol–water partition coefficient (Wildman–Crippen LogP) is 4.77. The number of nitrogens with one attached hydrogen (secondary N) is 1. The Bertz CT molecular complexity index is 1160. The molecule has 0 heterocycles. The third kappa shape index (κ3) is 7.83. The van der Waals surface area contributed by atoms with Gasteiger partial charge in [-0.15, -0.1) is 0 Å². The number of halogens is 1. The quantitative estimate of drug-likeness (QED) is 0.443. The summed E-state index contributed by atoms with van der Waals surface area (Å²) in [4.78, 5) is 28.6. The van der Waals surface area contributed by atoms with Gasteiger partial charge in [0.25, 0.3) is 5.91 Å². The van der Waals surface area contributed by atoms with Crippen molar-refractivity contribution >= 4 is 11.8 Å². The maximum Gasteiger partial charge on any atom is 0.261 e. The number of benzene rings is 3. The number of rotatable bonds is 10. The molecular formula is C29H33FN2O4. The highest BCUT2D eigenvalue weighted by atomic mass is 19.1. The summed E-state index contributed by atoms with van der Waals surface area (Å²) in [6.07, 6.45) is 0.304. The van der Waals surface area contributed by atoms with Crippen LogP contribution in [0, 0.1) is 5.82 Å². The molecule has 0 radical (unpaired) electrons. The minimum atomic E-state index is -0.824. The molecule has 0 saturated carbocycles. The van der Waals surface area contributed by atoms with Crippen LogP contribution in [0.5, 0.6) is 11.5 Å². The highest BCUT2D eigenvalue weighted by Gasteiger charge is 2.32. The number of ether oxygens (including phenoxy) is 2. The van der Waals surface area contributed by atoms with Gasteiger partial charge in [-0.2, -0.15) is 0 Å². The molecule has 0 bridgehead atoms. The molecule has 0 unspecified atom stereocenters. The second-order valence-electron chi connectivity index (χ2n) is 9.54. The van der Waals surface area contributed by atoms with Gasteiger partial charge in [0.05, 0.1) is 7.11 Å². The van der Waals surface area contributed by atoms with Crippen LogP contribution < -0.4 is 14.8 Å². The Morgan fingerprint density at radius 3 is 2.28 bits per heavy atom. The van der Waals surface area contributed by atoms with Crippen molar-refractivity contribution in [2.24, 2.45) is 0 Å². The van der Waals surface area contributed by atoms with Gasteiger partial charge in [0.15, 0.2) is 18.2 Å². The van der Waals surface area contributed by atoms with Crippen LogP contribution in [0.3, 0.4) is 0 Å². The highest BCUT2D eigenvalue weighted by molar-refractivity contribution is 5.89. The first-order chi connectivity index (χ1) is 17.2. The Morgan fingerprint density at radius 1 is 0.944 bits per heavy atom. The van der Waals surface area contributed by atoms with E-state index in [0.29, 0.717) is 12.2 Å². The first kappa shape index (κ1) is 26.7. The Balaban J connectivity index is 1.95. The summed E-state index contributed by atoms with van der Waals surface area (Å²) in [6, 6.07) is 21.9. The maximum absolute atomic E-state index is 14.1. The number of methoxy groups -OCH3 is 1. The molecular weight excluding hydrogens is 459 g/mol. The summed E-state index contributed by atoms with van der Waals surface area (Å²) < 4.78 is 25.0. The molecule has 0 spiro atoms. The zero-order valence-corrected chi connectivity index (χ0v) is 21.2. The van der Waals surface area contributed by atoms with Crippen LogP contribution in [0.25, 0.3) is 0 Å². The number of hydrogen-bond acceptors (Lipinski definition) is 4. The van der Waals surface area contributed by atoms with Crippen molar-refractivity contribution in [3.8, 4) is 11.5 Å². The molecule has 0 aliphatic carbocycles. The van der Waals surface area contributed by atoms with Crippen molar-refractivity contribution in [2.45, 2.75) is 45.3 Å². The molecule has 0 fully saturated rings. The summed E-state index contributed by atoms with van der Waals surface area (Å²) >= 11 is 0. The van der Waals surface area contributed by atoms with E-state index >= 15 is 0 Å². The van der Waals surface area contributed by atoms with Gasteiger partial charge in [-0.25, -0.2) is 4.39 Å². The number of hydrogen-bond donors (Lipinski definition) is 1.